The molecule has 5 rings (SSSR count). The van der Waals surface area contributed by atoms with Crippen LogP contribution in [0, 0.1) is 12.3 Å². The van der Waals surface area contributed by atoms with Crippen molar-refractivity contribution in [2.45, 2.75) is 72.6 Å². The molecule has 10 heteroatoms. The molecular formula is C30H40N6O4. The molecular weight excluding hydrogens is 508 g/mol. The molecule has 2 aliphatic rings. The highest BCUT2D eigenvalue weighted by Crippen LogP contribution is 2.39. The maximum Gasteiger partial charge on any atom is 0.337 e. The summed E-state index contributed by atoms with van der Waals surface area (Å²) in [5.74, 6) is 0.108. The number of urea groups is 1. The van der Waals surface area contributed by atoms with Gasteiger partial charge >= 0.3 is 12.0 Å². The number of piperidine rings is 1. The Morgan fingerprint density at radius 1 is 1.10 bits per heavy atom. The second-order valence-electron chi connectivity index (χ2n) is 12.6. The number of carboxylic acids is 1. The number of aryl methyl sites for hydroxylation is 1. The molecule has 1 aromatic carbocycles. The first kappa shape index (κ1) is 27.9. The first-order valence-electron chi connectivity index (χ1n) is 14.0. The van der Waals surface area contributed by atoms with E-state index in [-0.39, 0.29) is 11.4 Å². The van der Waals surface area contributed by atoms with Crippen molar-refractivity contribution in [3.8, 4) is 0 Å². The molecule has 1 atom stereocenters. The number of carbonyl (C=O) groups excluding carboxylic acids is 1. The predicted octanol–water partition coefficient (Wildman–Crippen LogP) is 5.05. The van der Waals surface area contributed by atoms with Crippen LogP contribution in [-0.4, -0.2) is 68.4 Å². The summed E-state index contributed by atoms with van der Waals surface area (Å²) in [6, 6.07) is 11.6. The molecule has 1 unspecified atom stereocenters. The van der Waals surface area contributed by atoms with Crippen molar-refractivity contribution in [2.75, 3.05) is 36.0 Å². The summed E-state index contributed by atoms with van der Waals surface area (Å²) < 4.78 is 7.82. The highest BCUT2D eigenvalue weighted by atomic mass is 16.5. The Hall–Kier alpha value is -3.66. The molecule has 0 saturated carbocycles. The van der Waals surface area contributed by atoms with Crippen LogP contribution in [0.3, 0.4) is 0 Å². The Morgan fingerprint density at radius 3 is 2.40 bits per heavy atom. The first-order valence-corrected chi connectivity index (χ1v) is 14.0. The lowest BCUT2D eigenvalue weighted by atomic mass is 9.82. The van der Waals surface area contributed by atoms with Gasteiger partial charge in [-0.1, -0.05) is 44.2 Å². The standard InChI is InChI=1S/C30H40N6O4/c1-20-24(25(27(37)38)40-29(2,3)4)26(33-14-12-30(5,6)13-15-33)36-22(31-20)18-23(32-36)35-17-16-34(28(35)39)19-21-10-8-7-9-11-21/h7-11,18,25H,12-17,19H2,1-6H3,(H,37,38). The number of carbonyl (C=O) groups is 2. The van der Waals surface area contributed by atoms with Crippen LogP contribution in [0.2, 0.25) is 0 Å². The van der Waals surface area contributed by atoms with Gasteiger partial charge in [0.05, 0.1) is 11.2 Å². The quantitative estimate of drug-likeness (QED) is 0.441. The average molecular weight is 549 g/mol. The number of aliphatic carboxylic acids is 1. The van der Waals surface area contributed by atoms with Crippen molar-refractivity contribution in [2.24, 2.45) is 5.41 Å². The summed E-state index contributed by atoms with van der Waals surface area (Å²) in [7, 11) is 0. The fourth-order valence-corrected chi connectivity index (χ4v) is 5.50. The Labute approximate surface area is 235 Å². The second kappa shape index (κ2) is 10.4. The number of carboxylic acid groups (broad SMARTS) is 1. The molecule has 2 aromatic heterocycles. The summed E-state index contributed by atoms with van der Waals surface area (Å²) >= 11 is 0. The van der Waals surface area contributed by atoms with Crippen LogP contribution in [0.4, 0.5) is 16.4 Å². The number of nitrogens with zero attached hydrogens (tertiary/aromatic N) is 6. The van der Waals surface area contributed by atoms with E-state index in [2.05, 4.69) is 18.7 Å². The van der Waals surface area contributed by atoms with Crippen LogP contribution in [0.25, 0.3) is 5.65 Å². The third-order valence-corrected chi connectivity index (χ3v) is 7.75. The highest BCUT2D eigenvalue weighted by molar-refractivity contribution is 5.93. The molecule has 214 valence electrons. The first-order chi connectivity index (χ1) is 18.8. The lowest BCUT2D eigenvalue weighted by molar-refractivity contribution is -0.160. The Bertz CT molecular complexity index is 1400. The minimum Gasteiger partial charge on any atom is -0.479 e. The number of hydrogen-bond donors (Lipinski definition) is 1. The van der Waals surface area contributed by atoms with E-state index in [9.17, 15) is 14.7 Å². The maximum absolute atomic E-state index is 13.4. The second-order valence-corrected chi connectivity index (χ2v) is 12.6. The average Bonchev–Trinajstić information content (AvgIpc) is 3.45. The van der Waals surface area contributed by atoms with Gasteiger partial charge in [0.1, 0.15) is 5.82 Å². The SMILES string of the molecule is Cc1nc2cc(N3CCN(Cc4ccccc4)C3=O)nn2c(N2CCC(C)(C)CC2)c1C(OC(C)(C)C)C(=O)O. The fraction of sp³-hybridized carbons (Fsp3) is 0.533. The molecule has 10 nitrogen and oxygen atoms in total. The van der Waals surface area contributed by atoms with Crippen LogP contribution >= 0.6 is 0 Å². The molecule has 3 aromatic rings. The van der Waals surface area contributed by atoms with E-state index in [4.69, 9.17) is 14.8 Å². The van der Waals surface area contributed by atoms with E-state index in [1.807, 2.05) is 69.0 Å². The molecule has 2 aliphatic heterocycles. The topological polar surface area (TPSA) is 104 Å². The molecule has 2 fully saturated rings. The van der Waals surface area contributed by atoms with Crippen LogP contribution in [0.15, 0.2) is 36.4 Å². The van der Waals surface area contributed by atoms with Crippen molar-refractivity contribution in [3.63, 3.8) is 0 Å². The van der Waals surface area contributed by atoms with Crippen LogP contribution < -0.4 is 9.80 Å². The van der Waals surface area contributed by atoms with E-state index in [1.165, 1.54) is 0 Å². The Kier molecular flexibility index (Phi) is 7.24. The van der Waals surface area contributed by atoms with Gasteiger partial charge in [-0.25, -0.2) is 14.6 Å². The zero-order chi connectivity index (χ0) is 28.8. The lowest BCUT2D eigenvalue weighted by Crippen LogP contribution is -2.40. The fourth-order valence-electron chi connectivity index (χ4n) is 5.50. The molecule has 0 radical (unpaired) electrons. The highest BCUT2D eigenvalue weighted by Gasteiger charge is 2.37. The van der Waals surface area contributed by atoms with Gasteiger partial charge in [0.15, 0.2) is 17.6 Å². The van der Waals surface area contributed by atoms with Crippen molar-refractivity contribution in [1.82, 2.24) is 19.5 Å². The Balaban J connectivity index is 1.57. The minimum absolute atomic E-state index is 0.107. The third kappa shape index (κ3) is 5.63. The summed E-state index contributed by atoms with van der Waals surface area (Å²) in [5, 5.41) is 15.2. The van der Waals surface area contributed by atoms with E-state index in [0.29, 0.717) is 48.2 Å². The van der Waals surface area contributed by atoms with E-state index in [1.54, 1.807) is 9.42 Å². The minimum atomic E-state index is -1.22. The van der Waals surface area contributed by atoms with E-state index >= 15 is 0 Å². The van der Waals surface area contributed by atoms with Gasteiger partial charge in [-0.15, -0.1) is 5.10 Å². The lowest BCUT2D eigenvalue weighted by Gasteiger charge is -2.39. The number of anilines is 2. The molecule has 2 amide bonds. The molecule has 4 heterocycles. The molecule has 0 spiro atoms. The van der Waals surface area contributed by atoms with Crippen molar-refractivity contribution in [1.29, 1.82) is 0 Å². The summed E-state index contributed by atoms with van der Waals surface area (Å²) in [6.45, 7) is 15.0. The van der Waals surface area contributed by atoms with Crippen molar-refractivity contribution in [3.05, 3.63) is 53.2 Å². The zero-order valence-electron chi connectivity index (χ0n) is 24.3. The molecule has 2 saturated heterocycles. The van der Waals surface area contributed by atoms with Crippen molar-refractivity contribution >= 4 is 29.3 Å². The third-order valence-electron chi connectivity index (χ3n) is 7.75. The largest absolute Gasteiger partial charge is 0.479 e. The normalized spacial score (nSPS) is 18.6. The predicted molar refractivity (Wildman–Crippen MR) is 154 cm³/mol. The summed E-state index contributed by atoms with van der Waals surface area (Å²) in [6.07, 6.45) is 0.699. The molecule has 1 N–H and O–H groups in total. The molecule has 0 bridgehead atoms. The van der Waals surface area contributed by atoms with E-state index in [0.717, 1.165) is 31.5 Å². The maximum atomic E-state index is 13.4. The van der Waals surface area contributed by atoms with Crippen LogP contribution in [0.5, 0.6) is 0 Å². The summed E-state index contributed by atoms with van der Waals surface area (Å²) in [4.78, 5) is 36.5. The number of rotatable bonds is 7. The Morgan fingerprint density at radius 2 is 1.77 bits per heavy atom. The van der Waals surface area contributed by atoms with Gasteiger partial charge in [-0.2, -0.15) is 4.52 Å². The van der Waals surface area contributed by atoms with Crippen LogP contribution in [-0.2, 0) is 16.1 Å². The number of fused-ring (bicyclic) bond motifs is 1. The van der Waals surface area contributed by atoms with Gasteiger partial charge < -0.3 is 19.6 Å². The number of benzene rings is 1. The number of ether oxygens (including phenoxy) is 1. The van der Waals surface area contributed by atoms with Gasteiger partial charge in [-0.3, -0.25) is 4.90 Å². The van der Waals surface area contributed by atoms with Gasteiger partial charge in [-0.05, 0) is 51.5 Å². The molecule has 0 aliphatic carbocycles. The number of aromatic nitrogens is 3. The molecule has 40 heavy (non-hydrogen) atoms. The van der Waals surface area contributed by atoms with Crippen LogP contribution in [0.1, 0.15) is 70.4 Å². The van der Waals surface area contributed by atoms with Gasteiger partial charge in [0.2, 0.25) is 0 Å². The summed E-state index contributed by atoms with van der Waals surface area (Å²) in [5.41, 5.74) is 2.24. The number of hydrogen-bond acceptors (Lipinski definition) is 6. The monoisotopic (exact) mass is 548 g/mol. The van der Waals surface area contributed by atoms with E-state index < -0.39 is 17.7 Å². The van der Waals surface area contributed by atoms with Crippen molar-refractivity contribution < 1.29 is 19.4 Å². The zero-order valence-corrected chi connectivity index (χ0v) is 24.3. The smallest absolute Gasteiger partial charge is 0.337 e. The number of amides is 2. The van der Waals surface area contributed by atoms with Gasteiger partial charge in [0, 0.05) is 44.5 Å². The van der Waals surface area contributed by atoms with Gasteiger partial charge in [0.25, 0.3) is 0 Å².